The van der Waals surface area contributed by atoms with E-state index < -0.39 is 0 Å². The lowest BCUT2D eigenvalue weighted by molar-refractivity contribution is -0.115. The molecule has 0 unspecified atom stereocenters. The molecule has 1 amide bonds. The number of amides is 1. The summed E-state index contributed by atoms with van der Waals surface area (Å²) >= 11 is 6.38. The molecule has 0 aliphatic carbocycles. The molecule has 0 bridgehead atoms. The number of ether oxygens (including phenoxy) is 1. The maximum absolute atomic E-state index is 12.0. The Balaban J connectivity index is 1.85. The van der Waals surface area contributed by atoms with Gasteiger partial charge in [0.15, 0.2) is 0 Å². The molecule has 1 N–H and O–H groups in total. The van der Waals surface area contributed by atoms with Crippen molar-refractivity contribution in [3.05, 3.63) is 40.3 Å². The topological polar surface area (TPSA) is 54.5 Å². The Morgan fingerprint density at radius 2 is 2.12 bits per heavy atom. The second-order valence-electron chi connectivity index (χ2n) is 6.05. The number of anilines is 1. The molecule has 2 aliphatic heterocycles. The van der Waals surface area contributed by atoms with Gasteiger partial charge in [0.1, 0.15) is 10.1 Å². The first-order valence-corrected chi connectivity index (χ1v) is 9.31. The van der Waals surface area contributed by atoms with Crippen LogP contribution in [0.3, 0.4) is 0 Å². The molecular formula is C18H17N3O2S2. The fourth-order valence-electron chi connectivity index (χ4n) is 2.98. The van der Waals surface area contributed by atoms with Crippen molar-refractivity contribution in [2.45, 2.75) is 6.92 Å². The van der Waals surface area contributed by atoms with E-state index in [1.165, 1.54) is 17.3 Å². The number of carbonyl (C=O) groups excluding carboxylic acids is 1. The molecule has 2 saturated heterocycles. The average Bonchev–Trinajstić information content (AvgIpc) is 2.92. The molecule has 0 saturated carbocycles. The Morgan fingerprint density at radius 1 is 1.32 bits per heavy atom. The number of thioether (sulfide) groups is 1. The van der Waals surface area contributed by atoms with E-state index in [-0.39, 0.29) is 5.91 Å². The zero-order valence-electron chi connectivity index (χ0n) is 13.7. The van der Waals surface area contributed by atoms with Crippen LogP contribution in [-0.4, -0.2) is 41.5 Å². The molecule has 128 valence electrons. The molecule has 2 aliphatic rings. The van der Waals surface area contributed by atoms with Gasteiger partial charge in [-0.1, -0.05) is 36.1 Å². The number of rotatable bonds is 2. The van der Waals surface area contributed by atoms with Gasteiger partial charge in [-0.2, -0.15) is 0 Å². The number of aryl methyl sites for hydroxylation is 1. The number of thiocarbonyl (C=S) groups is 1. The molecule has 0 atom stereocenters. The van der Waals surface area contributed by atoms with E-state index in [1.807, 2.05) is 6.08 Å². The zero-order chi connectivity index (χ0) is 17.4. The minimum absolute atomic E-state index is 0.146. The fraction of sp³-hybridized carbons (Fsp3) is 0.278. The first-order valence-electron chi connectivity index (χ1n) is 8.09. The van der Waals surface area contributed by atoms with E-state index in [2.05, 4.69) is 41.4 Å². The number of nitrogens with zero attached hydrogens (tertiary/aromatic N) is 2. The normalized spacial score (nSPS) is 19.7. The van der Waals surface area contributed by atoms with Crippen molar-refractivity contribution in [1.29, 1.82) is 0 Å². The Kier molecular flexibility index (Phi) is 4.45. The van der Waals surface area contributed by atoms with Crippen molar-refractivity contribution in [2.75, 3.05) is 31.2 Å². The summed E-state index contributed by atoms with van der Waals surface area (Å²) in [6.07, 6.45) is 1.89. The average molecular weight is 371 g/mol. The second-order valence-corrected chi connectivity index (χ2v) is 7.77. The number of hydrogen-bond donors (Lipinski definition) is 1. The lowest BCUT2D eigenvalue weighted by Crippen LogP contribution is -2.37. The summed E-state index contributed by atoms with van der Waals surface area (Å²) in [5.41, 5.74) is 3.07. The molecule has 25 heavy (non-hydrogen) atoms. The van der Waals surface area contributed by atoms with Gasteiger partial charge in [0.25, 0.3) is 5.91 Å². The summed E-state index contributed by atoms with van der Waals surface area (Å²) in [7, 11) is 0. The van der Waals surface area contributed by atoms with E-state index >= 15 is 0 Å². The summed E-state index contributed by atoms with van der Waals surface area (Å²) in [5, 5.41) is 3.72. The summed E-state index contributed by atoms with van der Waals surface area (Å²) in [6.45, 7) is 5.01. The number of morpholine rings is 1. The van der Waals surface area contributed by atoms with Gasteiger partial charge in [-0.15, -0.1) is 0 Å². The highest BCUT2D eigenvalue weighted by Crippen LogP contribution is 2.31. The molecule has 2 fully saturated rings. The van der Waals surface area contributed by atoms with Crippen LogP contribution in [0.2, 0.25) is 0 Å². The first-order chi connectivity index (χ1) is 12.1. The Bertz CT molecular complexity index is 905. The third kappa shape index (κ3) is 3.40. The van der Waals surface area contributed by atoms with E-state index in [1.54, 1.807) is 0 Å². The number of benzene rings is 1. The Hall–Kier alpha value is -1.96. The van der Waals surface area contributed by atoms with E-state index in [0.717, 1.165) is 35.4 Å². The van der Waals surface area contributed by atoms with Crippen LogP contribution < -0.4 is 10.2 Å². The van der Waals surface area contributed by atoms with Gasteiger partial charge in [0.2, 0.25) is 0 Å². The highest BCUT2D eigenvalue weighted by Gasteiger charge is 2.24. The lowest BCUT2D eigenvalue weighted by Gasteiger charge is -2.29. The standard InChI is InChI=1S/C18H17N3O2S2/c1-11-2-3-12-9-13(10-15-17(22)20-18(24)25-15)16(19-14(12)8-11)21-4-6-23-7-5-21/h2-3,8-10H,4-7H2,1H3,(H,20,22,24)/b15-10-. The van der Waals surface area contributed by atoms with Crippen LogP contribution in [-0.2, 0) is 9.53 Å². The van der Waals surface area contributed by atoms with Crippen LogP contribution >= 0.6 is 24.0 Å². The molecular weight excluding hydrogens is 354 g/mol. The van der Waals surface area contributed by atoms with Crippen molar-refractivity contribution in [3.8, 4) is 0 Å². The molecule has 4 rings (SSSR count). The zero-order valence-corrected chi connectivity index (χ0v) is 15.4. The van der Waals surface area contributed by atoms with Gasteiger partial charge in [0, 0.05) is 24.0 Å². The minimum Gasteiger partial charge on any atom is -0.378 e. The molecule has 7 heteroatoms. The van der Waals surface area contributed by atoms with Crippen molar-refractivity contribution in [3.63, 3.8) is 0 Å². The van der Waals surface area contributed by atoms with Crippen LogP contribution in [0.4, 0.5) is 5.82 Å². The quantitative estimate of drug-likeness (QED) is 0.647. The van der Waals surface area contributed by atoms with Crippen molar-refractivity contribution in [2.24, 2.45) is 0 Å². The van der Waals surface area contributed by atoms with Crippen LogP contribution in [0.5, 0.6) is 0 Å². The predicted octanol–water partition coefficient (Wildman–Crippen LogP) is 2.87. The third-order valence-corrected chi connectivity index (χ3v) is 5.38. The van der Waals surface area contributed by atoms with Gasteiger partial charge < -0.3 is 15.0 Å². The van der Waals surface area contributed by atoms with Gasteiger partial charge in [-0.25, -0.2) is 4.98 Å². The van der Waals surface area contributed by atoms with Crippen molar-refractivity contribution >= 4 is 57.0 Å². The molecule has 1 aromatic heterocycles. The number of fused-ring (bicyclic) bond motifs is 1. The van der Waals surface area contributed by atoms with E-state index in [9.17, 15) is 4.79 Å². The number of pyridine rings is 1. The minimum atomic E-state index is -0.146. The SMILES string of the molecule is Cc1ccc2cc(/C=C3\SC(=S)NC3=O)c(N3CCOCC3)nc2c1. The summed E-state index contributed by atoms with van der Waals surface area (Å²) < 4.78 is 5.96. The van der Waals surface area contributed by atoms with Gasteiger partial charge >= 0.3 is 0 Å². The third-order valence-electron chi connectivity index (χ3n) is 4.22. The number of hydrogen-bond acceptors (Lipinski definition) is 6. The van der Waals surface area contributed by atoms with Crippen LogP contribution in [0.1, 0.15) is 11.1 Å². The van der Waals surface area contributed by atoms with E-state index in [4.69, 9.17) is 21.9 Å². The van der Waals surface area contributed by atoms with Crippen LogP contribution in [0.15, 0.2) is 29.2 Å². The smallest absolute Gasteiger partial charge is 0.263 e. The number of carbonyl (C=O) groups is 1. The molecule has 0 radical (unpaired) electrons. The van der Waals surface area contributed by atoms with Gasteiger partial charge in [-0.3, -0.25) is 4.79 Å². The van der Waals surface area contributed by atoms with Crippen molar-refractivity contribution < 1.29 is 9.53 Å². The maximum Gasteiger partial charge on any atom is 0.263 e. The monoisotopic (exact) mass is 371 g/mol. The largest absolute Gasteiger partial charge is 0.378 e. The molecule has 3 heterocycles. The highest BCUT2D eigenvalue weighted by molar-refractivity contribution is 8.26. The molecule has 1 aromatic carbocycles. The van der Waals surface area contributed by atoms with Crippen LogP contribution in [0.25, 0.3) is 17.0 Å². The summed E-state index contributed by atoms with van der Waals surface area (Å²) in [6, 6.07) is 8.31. The van der Waals surface area contributed by atoms with Crippen LogP contribution in [0, 0.1) is 6.92 Å². The van der Waals surface area contributed by atoms with Gasteiger partial charge in [0.05, 0.1) is 23.6 Å². The van der Waals surface area contributed by atoms with E-state index in [0.29, 0.717) is 22.4 Å². The second kappa shape index (κ2) is 6.74. The fourth-order valence-corrected chi connectivity index (χ4v) is 4.02. The van der Waals surface area contributed by atoms with Crippen molar-refractivity contribution in [1.82, 2.24) is 10.3 Å². The summed E-state index contributed by atoms with van der Waals surface area (Å²) in [4.78, 5) is 19.8. The molecule has 5 nitrogen and oxygen atoms in total. The first kappa shape index (κ1) is 16.5. The predicted molar refractivity (Wildman–Crippen MR) is 106 cm³/mol. The molecule has 0 spiro atoms. The highest BCUT2D eigenvalue weighted by atomic mass is 32.2. The number of nitrogens with one attached hydrogen (secondary N) is 1. The molecule has 2 aromatic rings. The Labute approximate surface area is 155 Å². The summed E-state index contributed by atoms with van der Waals surface area (Å²) in [5.74, 6) is 0.743. The number of aromatic nitrogens is 1. The Morgan fingerprint density at radius 3 is 2.84 bits per heavy atom. The van der Waals surface area contributed by atoms with Gasteiger partial charge in [-0.05, 0) is 30.7 Å². The lowest BCUT2D eigenvalue weighted by atomic mass is 10.1. The maximum atomic E-state index is 12.0.